The Morgan fingerprint density at radius 1 is 1.47 bits per heavy atom. The van der Waals surface area contributed by atoms with Crippen LogP contribution in [0, 0.1) is 11.2 Å². The minimum Gasteiger partial charge on any atom is -0.494 e. The van der Waals surface area contributed by atoms with Crippen molar-refractivity contribution in [3.05, 3.63) is 29.6 Å². The summed E-state index contributed by atoms with van der Waals surface area (Å²) in [5.74, 6) is 0.0539. The van der Waals surface area contributed by atoms with E-state index in [2.05, 4.69) is 12.2 Å². The average molecular weight is 237 g/mol. The van der Waals surface area contributed by atoms with Crippen molar-refractivity contribution in [1.29, 1.82) is 0 Å². The lowest BCUT2D eigenvalue weighted by Gasteiger charge is -2.23. The van der Waals surface area contributed by atoms with E-state index in [9.17, 15) is 4.39 Å². The molecule has 1 N–H and O–H groups in total. The monoisotopic (exact) mass is 237 g/mol. The average Bonchev–Trinajstić information content (AvgIpc) is 3.09. The third kappa shape index (κ3) is 2.44. The summed E-state index contributed by atoms with van der Waals surface area (Å²) in [6.45, 7) is 2.20. The summed E-state index contributed by atoms with van der Waals surface area (Å²) in [4.78, 5) is 0. The second kappa shape index (κ2) is 4.65. The van der Waals surface area contributed by atoms with Crippen LogP contribution in [0.5, 0.6) is 5.75 Å². The summed E-state index contributed by atoms with van der Waals surface area (Å²) in [6, 6.07) is 5.75. The molecule has 1 saturated carbocycles. The number of halogens is 1. The van der Waals surface area contributed by atoms with Crippen LogP contribution >= 0.6 is 0 Å². The lowest BCUT2D eigenvalue weighted by atomic mass is 9.90. The molecule has 1 fully saturated rings. The van der Waals surface area contributed by atoms with Gasteiger partial charge in [0, 0.05) is 6.04 Å². The normalized spacial score (nSPS) is 18.8. The second-order valence-electron chi connectivity index (χ2n) is 5.02. The molecule has 0 radical (unpaired) electrons. The van der Waals surface area contributed by atoms with Crippen LogP contribution in [0.4, 0.5) is 4.39 Å². The Kier molecular flexibility index (Phi) is 3.38. The summed E-state index contributed by atoms with van der Waals surface area (Å²) in [7, 11) is 3.48. The van der Waals surface area contributed by atoms with E-state index in [-0.39, 0.29) is 5.82 Å². The number of ether oxygens (including phenoxy) is 1. The molecule has 1 aromatic rings. The Morgan fingerprint density at radius 3 is 2.65 bits per heavy atom. The van der Waals surface area contributed by atoms with E-state index in [4.69, 9.17) is 4.74 Å². The van der Waals surface area contributed by atoms with E-state index in [1.165, 1.54) is 20.0 Å². The van der Waals surface area contributed by atoms with Crippen molar-refractivity contribution in [3.63, 3.8) is 0 Å². The molecule has 0 bridgehead atoms. The van der Waals surface area contributed by atoms with Crippen LogP contribution in [0.15, 0.2) is 18.2 Å². The first-order valence-electron chi connectivity index (χ1n) is 6.11. The minimum absolute atomic E-state index is 0.266. The Labute approximate surface area is 102 Å². The lowest BCUT2D eigenvalue weighted by Crippen LogP contribution is -2.33. The first-order valence-corrected chi connectivity index (χ1v) is 6.11. The molecule has 0 saturated heterocycles. The first kappa shape index (κ1) is 12.4. The van der Waals surface area contributed by atoms with Gasteiger partial charge in [-0.15, -0.1) is 0 Å². The summed E-state index contributed by atoms with van der Waals surface area (Å²) < 4.78 is 18.5. The van der Waals surface area contributed by atoms with Gasteiger partial charge in [0.15, 0.2) is 11.6 Å². The van der Waals surface area contributed by atoms with Crippen LogP contribution in [0.2, 0.25) is 0 Å². The highest BCUT2D eigenvalue weighted by Gasteiger charge is 2.46. The summed E-state index contributed by atoms with van der Waals surface area (Å²) in [5.41, 5.74) is 1.39. The molecule has 0 aliphatic heterocycles. The van der Waals surface area contributed by atoms with E-state index < -0.39 is 0 Å². The number of rotatable bonds is 5. The molecular formula is C14H20FNO. The van der Waals surface area contributed by atoms with Crippen molar-refractivity contribution in [1.82, 2.24) is 5.32 Å². The van der Waals surface area contributed by atoms with Crippen molar-refractivity contribution < 1.29 is 9.13 Å². The zero-order valence-electron chi connectivity index (χ0n) is 10.7. The molecule has 1 atom stereocenters. The SMILES string of the molecule is CNC(C)C1(Cc2ccc(OC)c(F)c2)CC1. The topological polar surface area (TPSA) is 21.3 Å². The fourth-order valence-corrected chi connectivity index (χ4v) is 2.46. The molecule has 1 aliphatic rings. The van der Waals surface area contributed by atoms with Crippen molar-refractivity contribution in [3.8, 4) is 5.75 Å². The maximum Gasteiger partial charge on any atom is 0.165 e. The van der Waals surface area contributed by atoms with E-state index in [1.807, 2.05) is 13.1 Å². The fraction of sp³-hybridized carbons (Fsp3) is 0.571. The van der Waals surface area contributed by atoms with Crippen LogP contribution in [-0.2, 0) is 6.42 Å². The second-order valence-corrected chi connectivity index (χ2v) is 5.02. The molecule has 0 aromatic heterocycles. The molecule has 94 valence electrons. The van der Waals surface area contributed by atoms with E-state index in [0.717, 1.165) is 12.0 Å². The van der Waals surface area contributed by atoms with Crippen molar-refractivity contribution in [2.75, 3.05) is 14.2 Å². The van der Waals surface area contributed by atoms with Crippen LogP contribution in [0.1, 0.15) is 25.3 Å². The Balaban J connectivity index is 2.12. The van der Waals surface area contributed by atoms with Gasteiger partial charge in [-0.25, -0.2) is 4.39 Å². The molecule has 3 heteroatoms. The summed E-state index contributed by atoms with van der Waals surface area (Å²) in [5, 5.41) is 3.31. The molecule has 2 rings (SSSR count). The highest BCUT2D eigenvalue weighted by Crippen LogP contribution is 2.51. The highest BCUT2D eigenvalue weighted by molar-refractivity contribution is 5.30. The van der Waals surface area contributed by atoms with Crippen molar-refractivity contribution in [2.24, 2.45) is 5.41 Å². The molecule has 0 amide bonds. The Bertz CT molecular complexity index is 401. The summed E-state index contributed by atoms with van der Waals surface area (Å²) in [6.07, 6.45) is 3.39. The Morgan fingerprint density at radius 2 is 2.18 bits per heavy atom. The molecule has 2 nitrogen and oxygen atoms in total. The molecule has 1 aliphatic carbocycles. The van der Waals surface area contributed by atoms with Gasteiger partial charge in [-0.3, -0.25) is 0 Å². The van der Waals surface area contributed by atoms with Gasteiger partial charge < -0.3 is 10.1 Å². The Hall–Kier alpha value is -1.09. The van der Waals surface area contributed by atoms with Gasteiger partial charge >= 0.3 is 0 Å². The van der Waals surface area contributed by atoms with Crippen LogP contribution in [-0.4, -0.2) is 20.2 Å². The maximum atomic E-state index is 13.6. The number of benzene rings is 1. The standard InChI is InChI=1S/C14H20FNO/c1-10(16-2)14(6-7-14)9-11-4-5-13(17-3)12(15)8-11/h4-5,8,10,16H,6-7,9H2,1-3H3. The van der Waals surface area contributed by atoms with Gasteiger partial charge in [-0.2, -0.15) is 0 Å². The smallest absolute Gasteiger partial charge is 0.165 e. The molecule has 0 spiro atoms. The van der Waals surface area contributed by atoms with Gasteiger partial charge in [0.05, 0.1) is 7.11 Å². The predicted octanol–water partition coefficient (Wildman–Crippen LogP) is 2.76. The number of methoxy groups -OCH3 is 1. The summed E-state index contributed by atoms with van der Waals surface area (Å²) >= 11 is 0. The van der Waals surface area contributed by atoms with Gasteiger partial charge in [-0.1, -0.05) is 6.07 Å². The number of nitrogens with one attached hydrogen (secondary N) is 1. The highest BCUT2D eigenvalue weighted by atomic mass is 19.1. The quantitative estimate of drug-likeness (QED) is 0.850. The first-order chi connectivity index (χ1) is 8.11. The third-order valence-corrected chi connectivity index (χ3v) is 4.02. The molecule has 17 heavy (non-hydrogen) atoms. The van der Waals surface area contributed by atoms with Gasteiger partial charge in [0.25, 0.3) is 0 Å². The van der Waals surface area contributed by atoms with Gasteiger partial charge in [0.1, 0.15) is 0 Å². The molecule has 0 heterocycles. The molecule has 1 unspecified atom stereocenters. The van der Waals surface area contributed by atoms with Crippen LogP contribution in [0.3, 0.4) is 0 Å². The van der Waals surface area contributed by atoms with Crippen molar-refractivity contribution >= 4 is 0 Å². The van der Waals surface area contributed by atoms with Crippen molar-refractivity contribution in [2.45, 2.75) is 32.2 Å². The van der Waals surface area contributed by atoms with Gasteiger partial charge in [-0.05, 0) is 56.3 Å². The zero-order valence-corrected chi connectivity index (χ0v) is 10.7. The minimum atomic E-state index is -0.266. The molecular weight excluding hydrogens is 217 g/mol. The fourth-order valence-electron chi connectivity index (χ4n) is 2.46. The zero-order chi connectivity index (χ0) is 12.5. The van der Waals surface area contributed by atoms with Crippen LogP contribution in [0.25, 0.3) is 0 Å². The number of hydrogen-bond donors (Lipinski definition) is 1. The molecule has 1 aromatic carbocycles. The third-order valence-electron chi connectivity index (χ3n) is 4.02. The van der Waals surface area contributed by atoms with E-state index >= 15 is 0 Å². The van der Waals surface area contributed by atoms with E-state index in [1.54, 1.807) is 12.1 Å². The van der Waals surface area contributed by atoms with Crippen LogP contribution < -0.4 is 10.1 Å². The van der Waals surface area contributed by atoms with Gasteiger partial charge in [0.2, 0.25) is 0 Å². The number of hydrogen-bond acceptors (Lipinski definition) is 2. The predicted molar refractivity (Wildman–Crippen MR) is 66.8 cm³/mol. The lowest BCUT2D eigenvalue weighted by molar-refractivity contribution is 0.366. The largest absolute Gasteiger partial charge is 0.494 e. The van der Waals surface area contributed by atoms with E-state index in [0.29, 0.717) is 17.2 Å². The maximum absolute atomic E-state index is 13.6.